The third-order valence-corrected chi connectivity index (χ3v) is 7.08. The van der Waals surface area contributed by atoms with Gasteiger partial charge in [-0.2, -0.15) is 0 Å². The summed E-state index contributed by atoms with van der Waals surface area (Å²) in [4.78, 5) is 29.1. The van der Waals surface area contributed by atoms with Gasteiger partial charge >= 0.3 is 0 Å². The molecule has 2 heterocycles. The van der Waals surface area contributed by atoms with Crippen LogP contribution in [0, 0.1) is 5.92 Å². The predicted octanol–water partition coefficient (Wildman–Crippen LogP) is 4.25. The highest BCUT2D eigenvalue weighted by molar-refractivity contribution is 7.15. The first-order valence-corrected chi connectivity index (χ1v) is 11.3. The number of carbonyl (C=O) groups excluding carboxylic acids is 2. The molecule has 7 heteroatoms. The van der Waals surface area contributed by atoms with Gasteiger partial charge in [-0.05, 0) is 36.8 Å². The fraction of sp³-hybridized carbons (Fsp3) is 0.545. The van der Waals surface area contributed by atoms with E-state index in [0.717, 1.165) is 42.7 Å². The summed E-state index contributed by atoms with van der Waals surface area (Å²) >= 11 is 1.41. The van der Waals surface area contributed by atoms with Gasteiger partial charge in [0.2, 0.25) is 11.0 Å². The van der Waals surface area contributed by atoms with E-state index >= 15 is 0 Å². The molecule has 1 aromatic carbocycles. The molecule has 1 aromatic heterocycles. The van der Waals surface area contributed by atoms with E-state index in [1.165, 1.54) is 11.3 Å². The number of carbonyl (C=O) groups is 2. The van der Waals surface area contributed by atoms with Gasteiger partial charge in [-0.3, -0.25) is 14.9 Å². The molecule has 1 saturated carbocycles. The van der Waals surface area contributed by atoms with Crippen LogP contribution in [0.1, 0.15) is 73.3 Å². The van der Waals surface area contributed by atoms with Crippen molar-refractivity contribution in [2.45, 2.75) is 64.3 Å². The average Bonchev–Trinajstić information content (AvgIpc) is 3.35. The Morgan fingerprint density at radius 1 is 1.28 bits per heavy atom. The topological polar surface area (TPSA) is 75.2 Å². The number of nitrogens with one attached hydrogen (secondary N) is 1. The molecule has 1 atom stereocenters. The molecule has 2 aliphatic rings. The van der Waals surface area contributed by atoms with Crippen LogP contribution in [-0.4, -0.2) is 39.0 Å². The van der Waals surface area contributed by atoms with Gasteiger partial charge in [-0.25, -0.2) is 0 Å². The summed E-state index contributed by atoms with van der Waals surface area (Å²) in [6.07, 6.45) is 4.57. The first-order chi connectivity index (χ1) is 14.0. The molecule has 2 aromatic rings. The molecule has 6 nitrogen and oxygen atoms in total. The molecule has 0 bridgehead atoms. The third kappa shape index (κ3) is 3.45. The van der Waals surface area contributed by atoms with Crippen LogP contribution in [0.2, 0.25) is 0 Å². The molecule has 1 aliphatic heterocycles. The Morgan fingerprint density at radius 3 is 2.66 bits per heavy atom. The summed E-state index contributed by atoms with van der Waals surface area (Å²) in [5, 5.41) is 12.7. The lowest BCUT2D eigenvalue weighted by Crippen LogP contribution is -2.60. The Hall–Kier alpha value is -2.28. The minimum absolute atomic E-state index is 0.0597. The maximum absolute atomic E-state index is 13.6. The molecule has 0 radical (unpaired) electrons. The number of amides is 2. The number of hydrogen-bond donors (Lipinski definition) is 1. The predicted molar refractivity (Wildman–Crippen MR) is 114 cm³/mol. The molecule has 29 heavy (non-hydrogen) atoms. The summed E-state index contributed by atoms with van der Waals surface area (Å²) in [7, 11) is 0. The summed E-state index contributed by atoms with van der Waals surface area (Å²) in [5.74, 6) is -0.0869. The molecule has 0 saturated heterocycles. The number of hydrogen-bond acceptors (Lipinski definition) is 5. The molecule has 0 unspecified atom stereocenters. The molecular weight excluding hydrogens is 384 g/mol. The van der Waals surface area contributed by atoms with Crippen molar-refractivity contribution in [2.75, 3.05) is 11.9 Å². The number of anilines is 1. The third-order valence-electron chi connectivity index (χ3n) is 6.10. The van der Waals surface area contributed by atoms with Crippen molar-refractivity contribution in [2.24, 2.45) is 5.92 Å². The quantitative estimate of drug-likeness (QED) is 0.797. The maximum Gasteiger partial charge on any atom is 0.254 e. The van der Waals surface area contributed by atoms with Crippen LogP contribution in [0.3, 0.4) is 0 Å². The smallest absolute Gasteiger partial charge is 0.254 e. The Labute approximate surface area is 175 Å². The molecule has 1 aliphatic carbocycles. The van der Waals surface area contributed by atoms with Gasteiger partial charge < -0.3 is 4.90 Å². The van der Waals surface area contributed by atoms with Crippen LogP contribution in [0.25, 0.3) is 0 Å². The van der Waals surface area contributed by atoms with Crippen LogP contribution in [0.5, 0.6) is 0 Å². The van der Waals surface area contributed by atoms with Crippen LogP contribution in [-0.2, 0) is 11.2 Å². The number of nitrogens with zero attached hydrogens (tertiary/aromatic N) is 3. The lowest BCUT2D eigenvalue weighted by atomic mass is 9.70. The van der Waals surface area contributed by atoms with Crippen molar-refractivity contribution in [3.63, 3.8) is 0 Å². The largest absolute Gasteiger partial charge is 0.332 e. The first kappa shape index (κ1) is 20.0. The van der Waals surface area contributed by atoms with Crippen LogP contribution < -0.4 is 5.32 Å². The van der Waals surface area contributed by atoms with Crippen molar-refractivity contribution in [1.82, 2.24) is 15.1 Å². The second kappa shape index (κ2) is 7.86. The summed E-state index contributed by atoms with van der Waals surface area (Å²) in [6, 6.07) is 7.60. The van der Waals surface area contributed by atoms with E-state index in [0.29, 0.717) is 23.2 Å². The van der Waals surface area contributed by atoms with Gasteiger partial charge in [0.1, 0.15) is 5.01 Å². The van der Waals surface area contributed by atoms with Crippen molar-refractivity contribution in [1.29, 1.82) is 0 Å². The minimum Gasteiger partial charge on any atom is -0.332 e. The normalized spacial score (nSPS) is 20.3. The van der Waals surface area contributed by atoms with Crippen molar-refractivity contribution < 1.29 is 9.59 Å². The van der Waals surface area contributed by atoms with Gasteiger partial charge in [0.05, 0.1) is 11.5 Å². The van der Waals surface area contributed by atoms with E-state index in [1.807, 2.05) is 36.1 Å². The number of aryl methyl sites for hydroxylation is 1. The van der Waals surface area contributed by atoms with Gasteiger partial charge in [-0.15, -0.1) is 10.2 Å². The zero-order valence-corrected chi connectivity index (χ0v) is 18.1. The minimum atomic E-state index is -0.460. The Kier molecular flexibility index (Phi) is 5.42. The monoisotopic (exact) mass is 412 g/mol. The van der Waals surface area contributed by atoms with Crippen molar-refractivity contribution >= 4 is 28.3 Å². The number of fused-ring (bicyclic) bond motifs is 1. The highest BCUT2D eigenvalue weighted by Gasteiger charge is 2.55. The Bertz CT molecular complexity index is 917. The molecule has 1 spiro atoms. The highest BCUT2D eigenvalue weighted by atomic mass is 32.1. The van der Waals surface area contributed by atoms with Crippen molar-refractivity contribution in [3.05, 3.63) is 40.4 Å². The summed E-state index contributed by atoms with van der Waals surface area (Å²) in [6.45, 7) is 6.93. The zero-order valence-electron chi connectivity index (χ0n) is 17.3. The second-order valence-electron chi connectivity index (χ2n) is 8.48. The van der Waals surface area contributed by atoms with Crippen molar-refractivity contribution in [3.8, 4) is 0 Å². The summed E-state index contributed by atoms with van der Waals surface area (Å²) in [5.41, 5.74) is 1.03. The average molecular weight is 413 g/mol. The van der Waals surface area contributed by atoms with Gasteiger partial charge in [0.15, 0.2) is 0 Å². The zero-order chi connectivity index (χ0) is 20.6. The van der Waals surface area contributed by atoms with Gasteiger partial charge in [0, 0.05) is 12.1 Å². The lowest BCUT2D eigenvalue weighted by molar-refractivity contribution is -0.121. The molecular formula is C22H28N4O2S. The van der Waals surface area contributed by atoms with E-state index in [2.05, 4.69) is 29.4 Å². The van der Waals surface area contributed by atoms with E-state index in [9.17, 15) is 9.59 Å². The van der Waals surface area contributed by atoms with Gasteiger partial charge in [-0.1, -0.05) is 63.1 Å². The number of aromatic nitrogens is 2. The Balaban J connectivity index is 1.78. The molecule has 1 N–H and O–H groups in total. The standard InChI is InChI=1S/C22H28N4O2S/c1-4-17-24-25-21(29-17)23-19(27)18-15-9-5-6-10-16(15)20(28)26(13-14(2)3)22(18)11-7-8-12-22/h5-6,9-10,14,18H,4,7-8,11-13H2,1-3H3,(H,23,25,27)/t18-/m1/s1. The second-order valence-corrected chi connectivity index (χ2v) is 9.55. The number of benzene rings is 1. The highest BCUT2D eigenvalue weighted by Crippen LogP contribution is 2.50. The maximum atomic E-state index is 13.6. The van der Waals surface area contributed by atoms with Crippen LogP contribution >= 0.6 is 11.3 Å². The lowest BCUT2D eigenvalue weighted by Gasteiger charge is -2.50. The fourth-order valence-corrected chi connectivity index (χ4v) is 5.60. The first-order valence-electron chi connectivity index (χ1n) is 10.5. The van der Waals surface area contributed by atoms with E-state index in [4.69, 9.17) is 0 Å². The summed E-state index contributed by atoms with van der Waals surface area (Å²) < 4.78 is 0. The molecule has 1 fully saturated rings. The number of rotatable bonds is 5. The van der Waals surface area contributed by atoms with E-state index < -0.39 is 11.5 Å². The fourth-order valence-electron chi connectivity index (χ4n) is 4.92. The van der Waals surface area contributed by atoms with E-state index in [1.54, 1.807) is 0 Å². The van der Waals surface area contributed by atoms with Crippen LogP contribution in [0.4, 0.5) is 5.13 Å². The van der Waals surface area contributed by atoms with Crippen LogP contribution in [0.15, 0.2) is 24.3 Å². The van der Waals surface area contributed by atoms with Gasteiger partial charge in [0.25, 0.3) is 5.91 Å². The molecule has 2 amide bonds. The molecule has 154 valence electrons. The Morgan fingerprint density at radius 2 is 2.00 bits per heavy atom. The van der Waals surface area contributed by atoms with E-state index in [-0.39, 0.29) is 11.8 Å². The molecule has 4 rings (SSSR count). The SMILES string of the molecule is CCc1nnc(NC(=O)[C@H]2c3ccccc3C(=O)N(CC(C)C)C23CCCC3)s1.